The lowest BCUT2D eigenvalue weighted by molar-refractivity contribution is -0.122. The summed E-state index contributed by atoms with van der Waals surface area (Å²) in [5.74, 6) is 0.987. The predicted molar refractivity (Wildman–Crippen MR) is 92.1 cm³/mol. The second-order valence-electron chi connectivity index (χ2n) is 6.45. The van der Waals surface area contributed by atoms with Gasteiger partial charge in [-0.05, 0) is 30.7 Å². The highest BCUT2D eigenvalue weighted by Gasteiger charge is 2.25. The maximum atomic E-state index is 11.9. The maximum Gasteiger partial charge on any atom is 0.229 e. The summed E-state index contributed by atoms with van der Waals surface area (Å²) in [5.41, 5.74) is 3.39. The van der Waals surface area contributed by atoms with E-state index in [-0.39, 0.29) is 11.8 Å². The predicted octanol–water partition coefficient (Wildman–Crippen LogP) is 4.75. The molecule has 1 aliphatic carbocycles. The Bertz CT molecular complexity index is 641. The Balaban J connectivity index is 1.66. The molecule has 2 aromatic rings. The summed E-state index contributed by atoms with van der Waals surface area (Å²) in [5, 5.41) is 5.65. The number of thiazole rings is 1. The third-order valence-electron chi connectivity index (χ3n) is 4.10. The van der Waals surface area contributed by atoms with Gasteiger partial charge in [0.2, 0.25) is 5.91 Å². The van der Waals surface area contributed by atoms with Crippen LogP contribution >= 0.6 is 11.3 Å². The molecule has 1 heterocycles. The Morgan fingerprint density at radius 1 is 1.32 bits per heavy atom. The van der Waals surface area contributed by atoms with E-state index in [1.165, 1.54) is 23.3 Å². The maximum absolute atomic E-state index is 11.9. The summed E-state index contributed by atoms with van der Waals surface area (Å²) in [7, 11) is 0. The Labute approximate surface area is 135 Å². The first-order valence-electron chi connectivity index (χ1n) is 7.97. The summed E-state index contributed by atoms with van der Waals surface area (Å²) in [6.07, 6.45) is 4.30. The molecule has 1 saturated carbocycles. The van der Waals surface area contributed by atoms with E-state index in [0.717, 1.165) is 30.5 Å². The lowest BCUT2D eigenvalue weighted by Gasteiger charge is -2.23. The van der Waals surface area contributed by atoms with Crippen LogP contribution in [0, 0.1) is 11.8 Å². The number of nitrogens with one attached hydrogen (secondary N) is 1. The molecule has 1 fully saturated rings. The van der Waals surface area contributed by atoms with Crippen molar-refractivity contribution in [2.45, 2.75) is 39.5 Å². The number of carbonyl (C=O) groups is 1. The summed E-state index contributed by atoms with van der Waals surface area (Å²) in [6, 6.07) is 8.57. The van der Waals surface area contributed by atoms with E-state index in [1.54, 1.807) is 0 Å². The number of rotatable bonds is 5. The molecule has 1 amide bonds. The molecule has 1 N–H and O–H groups in total. The van der Waals surface area contributed by atoms with Gasteiger partial charge in [-0.15, -0.1) is 11.3 Å². The van der Waals surface area contributed by atoms with Crippen LogP contribution in [0.25, 0.3) is 11.3 Å². The van der Waals surface area contributed by atoms with Crippen LogP contribution in [-0.4, -0.2) is 10.9 Å². The van der Waals surface area contributed by atoms with Gasteiger partial charge in [0.1, 0.15) is 0 Å². The Kier molecular flexibility index (Phi) is 4.57. The minimum Gasteiger partial charge on any atom is -0.302 e. The number of amides is 1. The van der Waals surface area contributed by atoms with E-state index >= 15 is 0 Å². The van der Waals surface area contributed by atoms with Gasteiger partial charge in [-0.1, -0.05) is 44.5 Å². The van der Waals surface area contributed by atoms with E-state index in [1.807, 2.05) is 5.38 Å². The number of anilines is 1. The normalized spacial score (nSPS) is 14.9. The molecule has 0 aliphatic heterocycles. The molecule has 4 heteroatoms. The van der Waals surface area contributed by atoms with Crippen LogP contribution in [0.5, 0.6) is 0 Å². The smallest absolute Gasteiger partial charge is 0.229 e. The fraction of sp³-hybridized carbons (Fsp3) is 0.444. The van der Waals surface area contributed by atoms with E-state index in [2.05, 4.69) is 48.4 Å². The Morgan fingerprint density at radius 2 is 2.05 bits per heavy atom. The van der Waals surface area contributed by atoms with Crippen LogP contribution in [0.2, 0.25) is 0 Å². The number of carbonyl (C=O) groups excluding carboxylic acids is 1. The molecule has 0 bridgehead atoms. The van der Waals surface area contributed by atoms with Crippen LogP contribution in [0.15, 0.2) is 29.6 Å². The van der Waals surface area contributed by atoms with E-state index in [9.17, 15) is 4.79 Å². The highest BCUT2D eigenvalue weighted by molar-refractivity contribution is 7.14. The topological polar surface area (TPSA) is 42.0 Å². The zero-order valence-corrected chi connectivity index (χ0v) is 14.0. The molecule has 116 valence electrons. The average Bonchev–Trinajstić information content (AvgIpc) is 2.85. The van der Waals surface area contributed by atoms with Crippen molar-refractivity contribution in [3.63, 3.8) is 0 Å². The van der Waals surface area contributed by atoms with Gasteiger partial charge in [0.05, 0.1) is 5.69 Å². The molecule has 22 heavy (non-hydrogen) atoms. The van der Waals surface area contributed by atoms with Gasteiger partial charge in [0.25, 0.3) is 0 Å². The van der Waals surface area contributed by atoms with Crippen molar-refractivity contribution in [1.29, 1.82) is 0 Å². The van der Waals surface area contributed by atoms with Gasteiger partial charge in [-0.25, -0.2) is 4.98 Å². The van der Waals surface area contributed by atoms with Crippen molar-refractivity contribution < 1.29 is 4.79 Å². The van der Waals surface area contributed by atoms with Crippen molar-refractivity contribution in [3.8, 4) is 11.3 Å². The van der Waals surface area contributed by atoms with Crippen LogP contribution in [0.4, 0.5) is 5.13 Å². The van der Waals surface area contributed by atoms with Crippen LogP contribution < -0.4 is 5.32 Å². The van der Waals surface area contributed by atoms with Crippen molar-refractivity contribution in [2.75, 3.05) is 5.32 Å². The van der Waals surface area contributed by atoms with Gasteiger partial charge < -0.3 is 5.32 Å². The highest BCUT2D eigenvalue weighted by Crippen LogP contribution is 2.30. The molecule has 1 aromatic heterocycles. The number of nitrogens with zero attached hydrogens (tertiary/aromatic N) is 1. The van der Waals surface area contributed by atoms with Crippen LogP contribution in [-0.2, 0) is 11.2 Å². The van der Waals surface area contributed by atoms with Crippen molar-refractivity contribution >= 4 is 22.4 Å². The molecular formula is C18H22N2OS. The van der Waals surface area contributed by atoms with Gasteiger partial charge in [0.15, 0.2) is 5.13 Å². The van der Waals surface area contributed by atoms with Crippen molar-refractivity contribution in [2.24, 2.45) is 11.8 Å². The fourth-order valence-corrected chi connectivity index (χ4v) is 3.35. The zero-order chi connectivity index (χ0) is 15.5. The molecule has 1 aromatic carbocycles. The summed E-state index contributed by atoms with van der Waals surface area (Å²) >= 11 is 1.50. The molecule has 1 aliphatic rings. The molecule has 0 unspecified atom stereocenters. The van der Waals surface area contributed by atoms with E-state index in [4.69, 9.17) is 0 Å². The SMILES string of the molecule is CC(C)Cc1ccc(-c2csc(NC(=O)C3CCC3)n2)cc1. The first kappa shape index (κ1) is 15.2. The number of hydrogen-bond acceptors (Lipinski definition) is 3. The third kappa shape index (κ3) is 3.55. The van der Waals surface area contributed by atoms with Gasteiger partial charge >= 0.3 is 0 Å². The molecule has 0 radical (unpaired) electrons. The summed E-state index contributed by atoms with van der Waals surface area (Å²) in [6.45, 7) is 4.46. The van der Waals surface area contributed by atoms with Crippen molar-refractivity contribution in [3.05, 3.63) is 35.2 Å². The van der Waals surface area contributed by atoms with Gasteiger partial charge in [-0.2, -0.15) is 0 Å². The number of benzene rings is 1. The van der Waals surface area contributed by atoms with Crippen LogP contribution in [0.1, 0.15) is 38.7 Å². The number of hydrogen-bond donors (Lipinski definition) is 1. The molecule has 3 rings (SSSR count). The van der Waals surface area contributed by atoms with Gasteiger partial charge in [-0.3, -0.25) is 4.79 Å². The Morgan fingerprint density at radius 3 is 2.64 bits per heavy atom. The second kappa shape index (κ2) is 6.61. The zero-order valence-electron chi connectivity index (χ0n) is 13.1. The van der Waals surface area contributed by atoms with Crippen molar-refractivity contribution in [1.82, 2.24) is 4.98 Å². The first-order valence-corrected chi connectivity index (χ1v) is 8.85. The quantitative estimate of drug-likeness (QED) is 0.865. The average molecular weight is 314 g/mol. The minimum absolute atomic E-state index is 0.124. The second-order valence-corrected chi connectivity index (χ2v) is 7.31. The molecule has 0 atom stereocenters. The summed E-state index contributed by atoms with van der Waals surface area (Å²) < 4.78 is 0. The largest absolute Gasteiger partial charge is 0.302 e. The standard InChI is InChI=1S/C18H22N2OS/c1-12(2)10-13-6-8-14(9-7-13)16-11-22-18(19-16)20-17(21)15-4-3-5-15/h6-9,11-12,15H,3-5,10H2,1-2H3,(H,19,20,21). The number of aromatic nitrogens is 1. The highest BCUT2D eigenvalue weighted by atomic mass is 32.1. The first-order chi connectivity index (χ1) is 10.6. The van der Waals surface area contributed by atoms with Gasteiger partial charge in [0, 0.05) is 16.9 Å². The Hall–Kier alpha value is -1.68. The van der Waals surface area contributed by atoms with E-state index < -0.39 is 0 Å². The summed E-state index contributed by atoms with van der Waals surface area (Å²) in [4.78, 5) is 16.5. The molecule has 3 nitrogen and oxygen atoms in total. The lowest BCUT2D eigenvalue weighted by atomic mass is 9.85. The van der Waals surface area contributed by atoms with Crippen LogP contribution in [0.3, 0.4) is 0 Å². The third-order valence-corrected chi connectivity index (χ3v) is 4.86. The fourth-order valence-electron chi connectivity index (χ4n) is 2.62. The monoisotopic (exact) mass is 314 g/mol. The molecule has 0 saturated heterocycles. The minimum atomic E-state index is 0.124. The molecular weight excluding hydrogens is 292 g/mol. The lowest BCUT2D eigenvalue weighted by Crippen LogP contribution is -2.27. The van der Waals surface area contributed by atoms with E-state index in [0.29, 0.717) is 11.0 Å². The molecule has 0 spiro atoms.